The highest BCUT2D eigenvalue weighted by Crippen LogP contribution is 2.27. The van der Waals surface area contributed by atoms with Gasteiger partial charge in [-0.05, 0) is 35.7 Å². The fraction of sp³-hybridized carbons (Fsp3) is 0.235. The van der Waals surface area contributed by atoms with Crippen LogP contribution in [0, 0.1) is 0 Å². The lowest BCUT2D eigenvalue weighted by Gasteiger charge is -2.06. The van der Waals surface area contributed by atoms with Crippen LogP contribution >= 0.6 is 0 Å². The maximum Gasteiger partial charge on any atom is 0.140 e. The van der Waals surface area contributed by atoms with Crippen molar-refractivity contribution in [2.75, 3.05) is 5.73 Å². The first-order valence-corrected chi connectivity index (χ1v) is 6.88. The summed E-state index contributed by atoms with van der Waals surface area (Å²) in [5.41, 5.74) is 11.2. The van der Waals surface area contributed by atoms with Crippen LogP contribution in [0.4, 0.5) is 5.69 Å². The smallest absolute Gasteiger partial charge is 0.140 e. The highest BCUT2D eigenvalue weighted by molar-refractivity contribution is 5.81. The molecule has 3 rings (SSSR count). The Kier molecular flexibility index (Phi) is 2.97. The standard InChI is InChI=1S/C17H19N3/c1-11(2)12-7-8-15-16(10-12)20(3)17(19-15)13-5-4-6-14(18)9-13/h4-11H,18H2,1-3H3. The van der Waals surface area contributed by atoms with Gasteiger partial charge in [0, 0.05) is 18.3 Å². The van der Waals surface area contributed by atoms with E-state index in [1.165, 1.54) is 5.56 Å². The Morgan fingerprint density at radius 2 is 1.90 bits per heavy atom. The third-order valence-electron chi connectivity index (χ3n) is 3.72. The molecule has 0 bridgehead atoms. The lowest BCUT2D eigenvalue weighted by Crippen LogP contribution is -1.94. The lowest BCUT2D eigenvalue weighted by molar-refractivity contribution is 0.866. The van der Waals surface area contributed by atoms with E-state index in [4.69, 9.17) is 10.7 Å². The van der Waals surface area contributed by atoms with E-state index in [2.05, 4.69) is 43.7 Å². The van der Waals surface area contributed by atoms with Crippen molar-refractivity contribution in [3.8, 4) is 11.4 Å². The van der Waals surface area contributed by atoms with Gasteiger partial charge in [0.15, 0.2) is 0 Å². The summed E-state index contributed by atoms with van der Waals surface area (Å²) in [5, 5.41) is 0. The van der Waals surface area contributed by atoms with Gasteiger partial charge in [0.2, 0.25) is 0 Å². The Balaban J connectivity index is 2.20. The van der Waals surface area contributed by atoms with E-state index in [9.17, 15) is 0 Å². The van der Waals surface area contributed by atoms with E-state index in [1.54, 1.807) is 0 Å². The Hall–Kier alpha value is -2.29. The molecule has 102 valence electrons. The molecule has 0 fully saturated rings. The number of benzene rings is 2. The molecule has 3 heteroatoms. The van der Waals surface area contributed by atoms with Crippen LogP contribution in [0.1, 0.15) is 25.3 Å². The molecular formula is C17H19N3. The van der Waals surface area contributed by atoms with Crippen LogP contribution in [0.25, 0.3) is 22.4 Å². The van der Waals surface area contributed by atoms with Crippen LogP contribution in [0.2, 0.25) is 0 Å². The molecule has 3 nitrogen and oxygen atoms in total. The number of aryl methyl sites for hydroxylation is 1. The van der Waals surface area contributed by atoms with Gasteiger partial charge in [-0.1, -0.05) is 32.0 Å². The number of anilines is 1. The average Bonchev–Trinajstić information content (AvgIpc) is 2.76. The monoisotopic (exact) mass is 265 g/mol. The van der Waals surface area contributed by atoms with Crippen LogP contribution in [0.3, 0.4) is 0 Å². The van der Waals surface area contributed by atoms with Crippen molar-refractivity contribution >= 4 is 16.7 Å². The predicted octanol–water partition coefficient (Wildman–Crippen LogP) is 3.95. The second-order valence-corrected chi connectivity index (χ2v) is 5.52. The molecule has 3 aromatic rings. The maximum atomic E-state index is 5.87. The largest absolute Gasteiger partial charge is 0.399 e. The molecule has 0 saturated carbocycles. The van der Waals surface area contributed by atoms with Crippen LogP contribution < -0.4 is 5.73 Å². The summed E-state index contributed by atoms with van der Waals surface area (Å²) in [6.45, 7) is 4.41. The highest BCUT2D eigenvalue weighted by Gasteiger charge is 2.11. The SMILES string of the molecule is CC(C)c1ccc2nc(-c3cccc(N)c3)n(C)c2c1. The van der Waals surface area contributed by atoms with E-state index in [0.717, 1.165) is 28.1 Å². The van der Waals surface area contributed by atoms with Crippen molar-refractivity contribution in [3.05, 3.63) is 48.0 Å². The number of nitrogen functional groups attached to an aromatic ring is 1. The lowest BCUT2D eigenvalue weighted by atomic mass is 10.0. The first kappa shape index (κ1) is 12.7. The molecule has 0 saturated heterocycles. The summed E-state index contributed by atoms with van der Waals surface area (Å²) in [4.78, 5) is 4.73. The van der Waals surface area contributed by atoms with E-state index in [1.807, 2.05) is 24.3 Å². The number of nitrogens with zero attached hydrogens (tertiary/aromatic N) is 2. The Labute approximate surface area is 119 Å². The summed E-state index contributed by atoms with van der Waals surface area (Å²) < 4.78 is 2.13. The van der Waals surface area contributed by atoms with Gasteiger partial charge in [-0.25, -0.2) is 4.98 Å². The minimum absolute atomic E-state index is 0.519. The van der Waals surface area contributed by atoms with E-state index < -0.39 is 0 Å². The second kappa shape index (κ2) is 4.67. The van der Waals surface area contributed by atoms with E-state index >= 15 is 0 Å². The zero-order valence-electron chi connectivity index (χ0n) is 12.1. The summed E-state index contributed by atoms with van der Waals surface area (Å²) in [6.07, 6.45) is 0. The van der Waals surface area contributed by atoms with Crippen molar-refractivity contribution in [3.63, 3.8) is 0 Å². The number of imidazole rings is 1. The van der Waals surface area contributed by atoms with Gasteiger partial charge in [0.25, 0.3) is 0 Å². The van der Waals surface area contributed by atoms with Gasteiger partial charge < -0.3 is 10.3 Å². The van der Waals surface area contributed by atoms with Gasteiger partial charge >= 0.3 is 0 Å². The van der Waals surface area contributed by atoms with E-state index in [0.29, 0.717) is 5.92 Å². The molecule has 0 aliphatic rings. The number of rotatable bonds is 2. The highest BCUT2D eigenvalue weighted by atomic mass is 15.1. The van der Waals surface area contributed by atoms with E-state index in [-0.39, 0.29) is 0 Å². The zero-order valence-corrected chi connectivity index (χ0v) is 12.1. The van der Waals surface area contributed by atoms with Gasteiger partial charge in [-0.2, -0.15) is 0 Å². The van der Waals surface area contributed by atoms with Crippen molar-refractivity contribution in [1.29, 1.82) is 0 Å². The van der Waals surface area contributed by atoms with Crippen molar-refractivity contribution < 1.29 is 0 Å². The Bertz CT molecular complexity index is 769. The normalized spacial score (nSPS) is 11.4. The third-order valence-corrected chi connectivity index (χ3v) is 3.72. The molecule has 0 unspecified atom stereocenters. The molecule has 0 atom stereocenters. The minimum atomic E-state index is 0.519. The molecule has 2 aromatic carbocycles. The second-order valence-electron chi connectivity index (χ2n) is 5.52. The first-order valence-electron chi connectivity index (χ1n) is 6.88. The van der Waals surface area contributed by atoms with Gasteiger partial charge in [-0.3, -0.25) is 0 Å². The van der Waals surface area contributed by atoms with Crippen molar-refractivity contribution in [1.82, 2.24) is 9.55 Å². The summed E-state index contributed by atoms with van der Waals surface area (Å²) in [7, 11) is 2.05. The van der Waals surface area contributed by atoms with Crippen molar-refractivity contribution in [2.45, 2.75) is 19.8 Å². The number of aromatic nitrogens is 2. The number of fused-ring (bicyclic) bond motifs is 1. The summed E-state index contributed by atoms with van der Waals surface area (Å²) in [5.74, 6) is 1.47. The van der Waals surface area contributed by atoms with Gasteiger partial charge in [0.1, 0.15) is 5.82 Å². The molecule has 0 amide bonds. The summed E-state index contributed by atoms with van der Waals surface area (Å²) in [6, 6.07) is 14.3. The fourth-order valence-corrected chi connectivity index (χ4v) is 2.50. The average molecular weight is 265 g/mol. The molecule has 0 radical (unpaired) electrons. The Morgan fingerprint density at radius 3 is 2.60 bits per heavy atom. The number of nitrogens with two attached hydrogens (primary N) is 1. The molecule has 1 aromatic heterocycles. The van der Waals surface area contributed by atoms with Gasteiger partial charge in [-0.15, -0.1) is 0 Å². The predicted molar refractivity (Wildman–Crippen MR) is 84.7 cm³/mol. The van der Waals surface area contributed by atoms with Crippen molar-refractivity contribution in [2.24, 2.45) is 7.05 Å². The molecule has 0 spiro atoms. The quantitative estimate of drug-likeness (QED) is 0.713. The van der Waals surface area contributed by atoms with Crippen LogP contribution in [-0.2, 0) is 7.05 Å². The fourth-order valence-electron chi connectivity index (χ4n) is 2.50. The number of hydrogen-bond donors (Lipinski definition) is 1. The van der Waals surface area contributed by atoms with Crippen LogP contribution in [0.5, 0.6) is 0 Å². The molecule has 1 heterocycles. The molecule has 20 heavy (non-hydrogen) atoms. The zero-order chi connectivity index (χ0) is 14.3. The Morgan fingerprint density at radius 1 is 1.10 bits per heavy atom. The maximum absolute atomic E-state index is 5.87. The first-order chi connectivity index (χ1) is 9.56. The topological polar surface area (TPSA) is 43.8 Å². The molecule has 0 aliphatic heterocycles. The molecule has 2 N–H and O–H groups in total. The van der Waals surface area contributed by atoms with Gasteiger partial charge in [0.05, 0.1) is 11.0 Å². The van der Waals surface area contributed by atoms with Crippen LogP contribution in [-0.4, -0.2) is 9.55 Å². The number of hydrogen-bond acceptors (Lipinski definition) is 2. The minimum Gasteiger partial charge on any atom is -0.399 e. The molecular weight excluding hydrogens is 246 g/mol. The van der Waals surface area contributed by atoms with Crippen LogP contribution in [0.15, 0.2) is 42.5 Å². The molecule has 0 aliphatic carbocycles. The third kappa shape index (κ3) is 2.05. The summed E-state index contributed by atoms with van der Waals surface area (Å²) >= 11 is 0.